The highest BCUT2D eigenvalue weighted by atomic mass is 79.9. The summed E-state index contributed by atoms with van der Waals surface area (Å²) >= 11 is 3.44. The molecule has 0 spiro atoms. The molecule has 0 amide bonds. The van der Waals surface area contributed by atoms with Crippen LogP contribution in [0.1, 0.15) is 45.5 Å². The zero-order chi connectivity index (χ0) is 17.4. The first-order chi connectivity index (χ1) is 10.6. The molecule has 0 radical (unpaired) electrons. The number of halogens is 1. The molecule has 7 heteroatoms. The second kappa shape index (κ2) is 6.45. The molecule has 1 unspecified atom stereocenters. The molecule has 2 rings (SSSR count). The number of hydrogen-bond acceptors (Lipinski definition) is 4. The monoisotopic (exact) mass is 384 g/mol. The third-order valence-corrected chi connectivity index (χ3v) is 5.22. The van der Waals surface area contributed by atoms with Crippen molar-refractivity contribution in [1.82, 2.24) is 0 Å². The molecule has 1 aliphatic rings. The minimum absolute atomic E-state index is 0.0738. The second-order valence-electron chi connectivity index (χ2n) is 6.72. The van der Waals surface area contributed by atoms with Gasteiger partial charge in [0.25, 0.3) is 0 Å². The summed E-state index contributed by atoms with van der Waals surface area (Å²) in [5.41, 5.74) is -0.172. The summed E-state index contributed by atoms with van der Waals surface area (Å²) in [4.78, 5) is 11.3. The van der Waals surface area contributed by atoms with E-state index in [0.29, 0.717) is 5.75 Å². The third-order valence-electron chi connectivity index (χ3n) is 4.60. The van der Waals surface area contributed by atoms with E-state index in [1.165, 1.54) is 0 Å². The number of rotatable bonds is 5. The van der Waals surface area contributed by atoms with Crippen LogP contribution < -0.4 is 4.74 Å². The van der Waals surface area contributed by atoms with Gasteiger partial charge in [0.1, 0.15) is 5.75 Å². The van der Waals surface area contributed by atoms with Gasteiger partial charge in [0.2, 0.25) is 0 Å². The molecule has 1 heterocycles. The summed E-state index contributed by atoms with van der Waals surface area (Å²) in [6.07, 6.45) is -0.0738. The van der Waals surface area contributed by atoms with Gasteiger partial charge < -0.3 is 19.2 Å². The van der Waals surface area contributed by atoms with Gasteiger partial charge in [-0.25, -0.2) is 0 Å². The summed E-state index contributed by atoms with van der Waals surface area (Å²) in [5, 5.41) is 9.29. The minimum Gasteiger partial charge on any atom is -0.496 e. The Kier molecular flexibility index (Phi) is 5.13. The fourth-order valence-electron chi connectivity index (χ4n) is 2.53. The fourth-order valence-corrected chi connectivity index (χ4v) is 3.08. The molecular weight excluding hydrogens is 363 g/mol. The number of carbonyl (C=O) groups is 1. The molecule has 0 bridgehead atoms. The average Bonchev–Trinajstić information content (AvgIpc) is 2.64. The maximum Gasteiger partial charge on any atom is 0.466 e. The first kappa shape index (κ1) is 18.3. The zero-order valence-electron chi connectivity index (χ0n) is 14.1. The number of benzene rings is 1. The van der Waals surface area contributed by atoms with Gasteiger partial charge in [0.05, 0.1) is 29.2 Å². The summed E-state index contributed by atoms with van der Waals surface area (Å²) in [6.45, 7) is 7.81. The molecule has 1 saturated heterocycles. The molecular formula is C16H22BBrO5. The lowest BCUT2D eigenvalue weighted by Crippen LogP contribution is -2.41. The highest BCUT2D eigenvalue weighted by Gasteiger charge is 2.54. The van der Waals surface area contributed by atoms with Gasteiger partial charge in [0, 0.05) is 5.82 Å². The van der Waals surface area contributed by atoms with Gasteiger partial charge in [-0.3, -0.25) is 4.79 Å². The van der Waals surface area contributed by atoms with Gasteiger partial charge in [-0.05, 0) is 61.3 Å². The summed E-state index contributed by atoms with van der Waals surface area (Å²) in [6, 6.07) is 5.51. The van der Waals surface area contributed by atoms with E-state index in [0.717, 1.165) is 10.0 Å². The first-order valence-electron chi connectivity index (χ1n) is 7.48. The lowest BCUT2D eigenvalue weighted by atomic mass is 9.66. The molecule has 1 aromatic rings. The zero-order valence-corrected chi connectivity index (χ0v) is 15.6. The first-order valence-corrected chi connectivity index (χ1v) is 8.27. The second-order valence-corrected chi connectivity index (χ2v) is 7.58. The Morgan fingerprint density at radius 2 is 1.87 bits per heavy atom. The van der Waals surface area contributed by atoms with Crippen LogP contribution in [0, 0.1) is 0 Å². The van der Waals surface area contributed by atoms with Crippen molar-refractivity contribution in [2.75, 3.05) is 7.11 Å². The minimum atomic E-state index is -0.892. The predicted octanol–water partition coefficient (Wildman–Crippen LogP) is 3.65. The van der Waals surface area contributed by atoms with Crippen LogP contribution in [0.4, 0.5) is 0 Å². The van der Waals surface area contributed by atoms with E-state index in [1.54, 1.807) is 13.2 Å². The number of methoxy groups -OCH3 is 1. The maximum absolute atomic E-state index is 11.3. The predicted molar refractivity (Wildman–Crippen MR) is 91.8 cm³/mol. The molecule has 23 heavy (non-hydrogen) atoms. The number of hydrogen-bond donors (Lipinski definition) is 1. The lowest BCUT2D eigenvalue weighted by molar-refractivity contribution is -0.137. The summed E-state index contributed by atoms with van der Waals surface area (Å²) in [7, 11) is 0.972. The Labute approximate surface area is 145 Å². The molecule has 0 aliphatic carbocycles. The van der Waals surface area contributed by atoms with Gasteiger partial charge in [-0.1, -0.05) is 6.07 Å². The Hall–Kier alpha value is -1.05. The van der Waals surface area contributed by atoms with Crippen molar-refractivity contribution in [3.8, 4) is 5.75 Å². The Morgan fingerprint density at radius 1 is 1.30 bits per heavy atom. The molecule has 126 valence electrons. The molecule has 1 aliphatic heterocycles. The SMILES string of the molecule is COc1ccc(C(CC(=O)O)B2OC(C)(C)C(C)(C)O2)cc1Br. The van der Waals surface area contributed by atoms with Gasteiger partial charge in [0.15, 0.2) is 0 Å². The van der Waals surface area contributed by atoms with E-state index in [1.807, 2.05) is 39.8 Å². The smallest absolute Gasteiger partial charge is 0.466 e. The topological polar surface area (TPSA) is 65.0 Å². The number of ether oxygens (including phenoxy) is 1. The van der Waals surface area contributed by atoms with E-state index >= 15 is 0 Å². The van der Waals surface area contributed by atoms with Crippen molar-refractivity contribution in [3.05, 3.63) is 28.2 Å². The Balaban J connectivity index is 2.35. The number of carboxylic acids is 1. The van der Waals surface area contributed by atoms with Crippen LogP contribution in [0.2, 0.25) is 0 Å². The van der Waals surface area contributed by atoms with Crippen molar-refractivity contribution in [2.24, 2.45) is 0 Å². The van der Waals surface area contributed by atoms with E-state index in [-0.39, 0.29) is 6.42 Å². The Bertz CT molecular complexity index is 586. The van der Waals surface area contributed by atoms with E-state index < -0.39 is 30.1 Å². The van der Waals surface area contributed by atoms with Crippen molar-refractivity contribution in [3.63, 3.8) is 0 Å². The van der Waals surface area contributed by atoms with E-state index in [2.05, 4.69) is 15.9 Å². The highest BCUT2D eigenvalue weighted by molar-refractivity contribution is 9.10. The van der Waals surface area contributed by atoms with Crippen LogP contribution in [0.25, 0.3) is 0 Å². The summed E-state index contributed by atoms with van der Waals surface area (Å²) in [5.74, 6) is -0.607. The molecule has 0 saturated carbocycles. The van der Waals surface area contributed by atoms with Crippen molar-refractivity contribution in [2.45, 2.75) is 51.1 Å². The van der Waals surface area contributed by atoms with Gasteiger partial charge >= 0.3 is 13.1 Å². The summed E-state index contributed by atoms with van der Waals surface area (Å²) < 4.78 is 18.1. The van der Waals surface area contributed by atoms with Crippen LogP contribution in [-0.2, 0) is 14.1 Å². The third kappa shape index (κ3) is 3.73. The quantitative estimate of drug-likeness (QED) is 0.785. The standard InChI is InChI=1S/C16H22BBrO5/c1-15(2)16(3,4)23-17(22-15)11(9-14(19)20)10-6-7-13(21-5)12(18)8-10/h6-8,11H,9H2,1-5H3,(H,19,20). The highest BCUT2D eigenvalue weighted by Crippen LogP contribution is 2.42. The fraction of sp³-hybridized carbons (Fsp3) is 0.562. The van der Waals surface area contributed by atoms with Crippen LogP contribution in [-0.4, -0.2) is 36.5 Å². The average molecular weight is 385 g/mol. The molecule has 1 N–H and O–H groups in total. The van der Waals surface area contributed by atoms with E-state index in [9.17, 15) is 9.90 Å². The maximum atomic E-state index is 11.3. The molecule has 1 fully saturated rings. The van der Waals surface area contributed by atoms with Crippen molar-refractivity contribution < 1.29 is 23.9 Å². The van der Waals surface area contributed by atoms with Crippen LogP contribution in [0.15, 0.2) is 22.7 Å². The van der Waals surface area contributed by atoms with Crippen LogP contribution in [0.5, 0.6) is 5.75 Å². The molecule has 0 aromatic heterocycles. The number of carboxylic acid groups (broad SMARTS) is 1. The van der Waals surface area contributed by atoms with Crippen molar-refractivity contribution in [1.29, 1.82) is 0 Å². The van der Waals surface area contributed by atoms with Gasteiger partial charge in [-0.15, -0.1) is 0 Å². The van der Waals surface area contributed by atoms with Crippen LogP contribution in [0.3, 0.4) is 0 Å². The lowest BCUT2D eigenvalue weighted by Gasteiger charge is -2.32. The molecule has 1 atom stereocenters. The molecule has 5 nitrogen and oxygen atoms in total. The number of aliphatic carboxylic acids is 1. The van der Waals surface area contributed by atoms with Gasteiger partial charge in [-0.2, -0.15) is 0 Å². The molecule has 1 aromatic carbocycles. The normalized spacial score (nSPS) is 20.3. The van der Waals surface area contributed by atoms with Crippen molar-refractivity contribution >= 4 is 29.0 Å². The largest absolute Gasteiger partial charge is 0.496 e. The van der Waals surface area contributed by atoms with Crippen LogP contribution >= 0.6 is 15.9 Å². The Morgan fingerprint density at radius 3 is 2.30 bits per heavy atom. The van der Waals surface area contributed by atoms with E-state index in [4.69, 9.17) is 14.0 Å².